The topological polar surface area (TPSA) is 345 Å². The summed E-state index contributed by atoms with van der Waals surface area (Å²) in [6.07, 6.45) is -5.45. The number of nitrogens with zero attached hydrogens (tertiary/aromatic N) is 3. The van der Waals surface area contributed by atoms with Gasteiger partial charge in [0.05, 0.1) is 48.1 Å². The van der Waals surface area contributed by atoms with Gasteiger partial charge in [-0.3, -0.25) is 28.0 Å². The maximum absolute atomic E-state index is 13.9. The van der Waals surface area contributed by atoms with Crippen molar-refractivity contribution in [3.63, 3.8) is 0 Å². The molecule has 0 bridgehead atoms. The number of benzene rings is 3. The minimum atomic E-state index is -5.16. The Morgan fingerprint density at radius 3 is 1.87 bits per heavy atom. The first kappa shape index (κ1) is 55.6. The van der Waals surface area contributed by atoms with E-state index in [9.17, 15) is 51.2 Å². The number of carbonyl (C=O) groups excluding carboxylic acids is 3. The average molecular weight is 1070 g/mol. The van der Waals surface area contributed by atoms with E-state index in [0.717, 1.165) is 23.3 Å². The number of amides is 3. The summed E-state index contributed by atoms with van der Waals surface area (Å²) in [6, 6.07) is 19.5. The van der Waals surface area contributed by atoms with Gasteiger partial charge in [0, 0.05) is 63.5 Å². The molecule has 2 fully saturated rings. The van der Waals surface area contributed by atoms with Crippen LogP contribution in [-0.2, 0) is 74.8 Å². The molecule has 2 aliphatic heterocycles. The minimum Gasteiger partial charge on any atom is -0.396 e. The highest BCUT2D eigenvalue weighted by atomic mass is 32.2. The predicted octanol–water partition coefficient (Wildman–Crippen LogP) is 2.84. The highest BCUT2D eigenvalue weighted by Crippen LogP contribution is 2.55. The number of imidazole rings is 1. The van der Waals surface area contributed by atoms with Crippen molar-refractivity contribution in [2.75, 3.05) is 44.8 Å². The molecule has 8 unspecified atom stereocenters. The molecule has 0 radical (unpaired) electrons. The first-order valence-electron chi connectivity index (χ1n) is 22.2. The molecule has 0 aliphatic carbocycles. The van der Waals surface area contributed by atoms with Gasteiger partial charge in [-0.15, -0.1) is 0 Å². The minimum absolute atomic E-state index is 0.0858. The largest absolute Gasteiger partial charge is 0.396 e. The van der Waals surface area contributed by atoms with Crippen molar-refractivity contribution in [2.45, 2.75) is 92.4 Å². The SMILES string of the molecule is CC(=O)Nc1ccc(S(=O)(=O)N=P(O)(OCC2OC(C(=O)NCCc3cnc[nH]3)CC2OP(O)(=NS(=O)(=O)c2ccc(C)cc2)OCCCO)OC2CC(C(=O)NCCc3ccccc3)OC2CO)cc1. The van der Waals surface area contributed by atoms with Crippen molar-refractivity contribution in [1.29, 1.82) is 0 Å². The summed E-state index contributed by atoms with van der Waals surface area (Å²) in [7, 11) is -19.7. The molecule has 3 heterocycles. The number of aromatic amines is 1. The van der Waals surface area contributed by atoms with Gasteiger partial charge in [0.15, 0.2) is 0 Å². The van der Waals surface area contributed by atoms with Crippen LogP contribution in [0.3, 0.4) is 0 Å². The molecule has 24 nitrogen and oxygen atoms in total. The normalized spacial score (nSPS) is 21.9. The van der Waals surface area contributed by atoms with E-state index in [1.165, 1.54) is 49.6 Å². The van der Waals surface area contributed by atoms with E-state index in [1.807, 2.05) is 30.3 Å². The van der Waals surface area contributed by atoms with Gasteiger partial charge in [0.1, 0.15) is 24.4 Å². The molecular formula is C43H57N7O17P2S2. The van der Waals surface area contributed by atoms with Crippen LogP contribution in [0, 0.1) is 6.92 Å². The highest BCUT2D eigenvalue weighted by Gasteiger charge is 2.47. The lowest BCUT2D eigenvalue weighted by Gasteiger charge is -2.27. The molecule has 28 heteroatoms. The quantitative estimate of drug-likeness (QED) is 0.0349. The van der Waals surface area contributed by atoms with Crippen molar-refractivity contribution in [3.05, 3.63) is 108 Å². The Hall–Kier alpha value is -4.76. The second kappa shape index (κ2) is 25.3. The molecular weight excluding hydrogens is 1010 g/mol. The summed E-state index contributed by atoms with van der Waals surface area (Å²) in [6.45, 7) is 0.745. The Bertz CT molecular complexity index is 2760. The number of aliphatic hydroxyl groups is 2. The number of nitrogens with one attached hydrogen (secondary N) is 4. The van der Waals surface area contributed by atoms with Crippen LogP contribution in [0.2, 0.25) is 0 Å². The van der Waals surface area contributed by atoms with Crippen molar-refractivity contribution in [1.82, 2.24) is 20.6 Å². The van der Waals surface area contributed by atoms with Crippen LogP contribution in [0.5, 0.6) is 0 Å². The Labute approximate surface area is 410 Å². The Balaban J connectivity index is 1.31. The number of aromatic nitrogens is 2. The number of H-pyrrole nitrogens is 1. The number of hydrogen-bond acceptors (Lipinski definition) is 16. The predicted molar refractivity (Wildman–Crippen MR) is 255 cm³/mol. The molecule has 3 aromatic carbocycles. The summed E-state index contributed by atoms with van der Waals surface area (Å²) >= 11 is 0. The van der Waals surface area contributed by atoms with E-state index < -0.39 is 128 Å². The summed E-state index contributed by atoms with van der Waals surface area (Å²) in [5, 5.41) is 27.8. The van der Waals surface area contributed by atoms with Crippen LogP contribution in [0.15, 0.2) is 109 Å². The summed E-state index contributed by atoms with van der Waals surface area (Å²) in [4.78, 5) is 68.6. The molecule has 1 aromatic heterocycles. The molecule has 0 spiro atoms. The number of aryl methyl sites for hydroxylation is 1. The lowest BCUT2D eigenvalue weighted by molar-refractivity contribution is -0.133. The van der Waals surface area contributed by atoms with E-state index in [0.29, 0.717) is 18.5 Å². The first-order chi connectivity index (χ1) is 33.8. The van der Waals surface area contributed by atoms with Crippen LogP contribution < -0.4 is 16.0 Å². The van der Waals surface area contributed by atoms with Crippen molar-refractivity contribution < 1.29 is 78.8 Å². The Morgan fingerprint density at radius 2 is 1.32 bits per heavy atom. The second-order valence-corrected chi connectivity index (χ2v) is 23.3. The number of aliphatic hydroxyl groups excluding tert-OH is 2. The zero-order chi connectivity index (χ0) is 51.2. The molecule has 2 aliphatic rings. The lowest BCUT2D eigenvalue weighted by Crippen LogP contribution is -2.36. The fourth-order valence-corrected chi connectivity index (χ4v) is 13.7. The van der Waals surface area contributed by atoms with Gasteiger partial charge in [0.2, 0.25) is 17.7 Å². The molecule has 4 aromatic rings. The van der Waals surface area contributed by atoms with Gasteiger partial charge in [-0.1, -0.05) is 56.3 Å². The molecule has 8 atom stereocenters. The molecule has 0 saturated carbocycles. The van der Waals surface area contributed by atoms with Gasteiger partial charge in [-0.05, 0) is 61.7 Å². The third kappa shape index (κ3) is 16.4. The number of anilines is 1. The lowest BCUT2D eigenvalue weighted by atomic mass is 10.1. The van der Waals surface area contributed by atoms with E-state index in [1.54, 1.807) is 13.1 Å². The zero-order valence-corrected chi connectivity index (χ0v) is 42.0. The van der Waals surface area contributed by atoms with Crippen LogP contribution >= 0.6 is 15.5 Å². The average Bonchev–Trinajstić information content (AvgIpc) is 4.09. The molecule has 3 amide bonds. The van der Waals surface area contributed by atoms with Crippen molar-refractivity contribution in [3.8, 4) is 0 Å². The smallest absolute Gasteiger partial charge is 0.369 e. The van der Waals surface area contributed by atoms with E-state index in [2.05, 4.69) is 34.2 Å². The summed E-state index contributed by atoms with van der Waals surface area (Å²) < 4.78 is 97.5. The maximum Gasteiger partial charge on any atom is 0.369 e. The van der Waals surface area contributed by atoms with Gasteiger partial charge < -0.3 is 54.9 Å². The van der Waals surface area contributed by atoms with Crippen LogP contribution in [0.1, 0.15) is 43.0 Å². The summed E-state index contributed by atoms with van der Waals surface area (Å²) in [5.74, 6) is -1.71. The van der Waals surface area contributed by atoms with E-state index in [-0.39, 0.29) is 36.5 Å². The second-order valence-electron chi connectivity index (χ2n) is 16.2. The number of sulfonamides is 2. The van der Waals surface area contributed by atoms with Crippen LogP contribution in [0.25, 0.3) is 0 Å². The Morgan fingerprint density at radius 1 is 0.775 bits per heavy atom. The molecule has 71 heavy (non-hydrogen) atoms. The van der Waals surface area contributed by atoms with Gasteiger partial charge in [-0.2, -0.15) is 16.8 Å². The number of carbonyl (C=O) groups is 3. The number of rotatable bonds is 25. The van der Waals surface area contributed by atoms with E-state index in [4.69, 9.17) is 27.6 Å². The summed E-state index contributed by atoms with van der Waals surface area (Å²) in [5.41, 5.74) is 2.62. The molecule has 388 valence electrons. The standard InChI is InChI=1S/C43H57N7O17P2S2/c1-29-9-13-34(14-10-29)70(58,59)49-68(56,62-22-6-21-51)67-37-24-39(43(55)46-20-18-33-25-44-28-47-33)65-41(37)27-63-69(57,50-71(60,61)35-15-11-32(12-16-35)48-30(2)53)66-36-23-38(64-40(36)26-52)42(54)45-19-17-31-7-4-3-5-8-31/h3-5,7-16,25,28,36-41,51-52,56-57H,6,17-24,26-27H2,1-2H3,(H,44,47)(H,45,54)(H,46,55)(H,48,53). The monoisotopic (exact) mass is 1070 g/mol. The maximum atomic E-state index is 13.9. The number of hydrogen-bond donors (Lipinski definition) is 8. The first-order valence-corrected chi connectivity index (χ1v) is 28.2. The Kier molecular flexibility index (Phi) is 19.8. The van der Waals surface area contributed by atoms with Crippen LogP contribution in [0.4, 0.5) is 5.69 Å². The third-order valence-corrected chi connectivity index (χ3v) is 17.9. The van der Waals surface area contributed by atoms with E-state index >= 15 is 0 Å². The van der Waals surface area contributed by atoms with Crippen LogP contribution in [-0.4, -0.2) is 141 Å². The molecule has 6 rings (SSSR count). The van der Waals surface area contributed by atoms with Gasteiger partial charge in [-0.25, -0.2) is 4.98 Å². The number of ether oxygens (including phenoxy) is 2. The van der Waals surface area contributed by atoms with Gasteiger partial charge in [0.25, 0.3) is 20.0 Å². The molecule has 2 saturated heterocycles. The highest BCUT2D eigenvalue weighted by molar-refractivity contribution is 7.93. The van der Waals surface area contributed by atoms with Gasteiger partial charge >= 0.3 is 15.5 Å². The molecule has 8 N–H and O–H groups in total. The fraction of sp³-hybridized carbons (Fsp3) is 0.442. The van der Waals surface area contributed by atoms with Crippen molar-refractivity contribution in [2.24, 2.45) is 8.30 Å². The third-order valence-electron chi connectivity index (χ3n) is 10.7. The van der Waals surface area contributed by atoms with Crippen molar-refractivity contribution >= 4 is 58.9 Å². The zero-order valence-electron chi connectivity index (χ0n) is 38.6. The fourth-order valence-electron chi connectivity index (χ4n) is 7.15.